The van der Waals surface area contributed by atoms with E-state index in [0.29, 0.717) is 6.04 Å². The molecule has 96 valence electrons. The number of hydrogen-bond donors (Lipinski definition) is 1. The highest BCUT2D eigenvalue weighted by Gasteiger charge is 2.15. The Kier molecular flexibility index (Phi) is 4.33. The smallest absolute Gasteiger partial charge is 0.0604 e. The summed E-state index contributed by atoms with van der Waals surface area (Å²) in [6, 6.07) is 6.72. The number of hydrogen-bond acceptors (Lipinski definition) is 4. The minimum absolute atomic E-state index is 0.366. The van der Waals surface area contributed by atoms with Crippen LogP contribution in [0.4, 0.5) is 5.69 Å². The van der Waals surface area contributed by atoms with Gasteiger partial charge in [-0.3, -0.25) is 4.98 Å². The van der Waals surface area contributed by atoms with E-state index < -0.39 is 0 Å². The van der Waals surface area contributed by atoms with Crippen LogP contribution >= 0.6 is 11.3 Å². The fourth-order valence-electron chi connectivity index (χ4n) is 2.00. The molecule has 0 spiro atoms. The van der Waals surface area contributed by atoms with Gasteiger partial charge in [-0.1, -0.05) is 6.07 Å². The zero-order valence-corrected chi connectivity index (χ0v) is 11.9. The Morgan fingerprint density at radius 3 is 2.94 bits per heavy atom. The van der Waals surface area contributed by atoms with Crippen molar-refractivity contribution >= 4 is 17.0 Å². The van der Waals surface area contributed by atoms with Crippen molar-refractivity contribution in [1.29, 1.82) is 0 Å². The summed E-state index contributed by atoms with van der Waals surface area (Å²) >= 11 is 1.80. The van der Waals surface area contributed by atoms with Crippen LogP contribution in [0.15, 0.2) is 36.0 Å². The third kappa shape index (κ3) is 2.71. The molecule has 0 saturated carbocycles. The second-order valence-corrected chi connectivity index (χ2v) is 5.32. The van der Waals surface area contributed by atoms with Crippen LogP contribution < -0.4 is 10.2 Å². The van der Waals surface area contributed by atoms with Crippen molar-refractivity contribution < 1.29 is 0 Å². The summed E-state index contributed by atoms with van der Waals surface area (Å²) in [7, 11) is 4.09. The standard InChI is InChI=1S/C14H19N3S/c1-11(14-5-4-8-18-14)17(3)13-10-16-7-6-12(13)9-15-2/h4-8,10-11,15H,9H2,1-3H3. The molecule has 4 heteroatoms. The highest BCUT2D eigenvalue weighted by Crippen LogP contribution is 2.29. The number of thiophene rings is 1. The molecule has 0 bridgehead atoms. The van der Waals surface area contributed by atoms with Gasteiger partial charge >= 0.3 is 0 Å². The predicted molar refractivity (Wildman–Crippen MR) is 78.1 cm³/mol. The van der Waals surface area contributed by atoms with Gasteiger partial charge in [0.05, 0.1) is 17.9 Å². The Morgan fingerprint density at radius 1 is 1.44 bits per heavy atom. The third-order valence-electron chi connectivity index (χ3n) is 3.17. The lowest BCUT2D eigenvalue weighted by Crippen LogP contribution is -2.23. The number of nitrogens with zero attached hydrogens (tertiary/aromatic N) is 2. The summed E-state index contributed by atoms with van der Waals surface area (Å²) in [6.07, 6.45) is 3.79. The molecule has 0 aliphatic heterocycles. The molecule has 0 amide bonds. The largest absolute Gasteiger partial charge is 0.366 e. The van der Waals surface area contributed by atoms with Crippen molar-refractivity contribution in [2.24, 2.45) is 0 Å². The van der Waals surface area contributed by atoms with Gasteiger partial charge in [0, 0.05) is 24.7 Å². The lowest BCUT2D eigenvalue weighted by atomic mass is 10.1. The summed E-state index contributed by atoms with van der Waals surface area (Å²) < 4.78 is 0. The molecule has 0 aliphatic rings. The van der Waals surface area contributed by atoms with E-state index in [-0.39, 0.29) is 0 Å². The van der Waals surface area contributed by atoms with Crippen molar-refractivity contribution in [3.8, 4) is 0 Å². The monoisotopic (exact) mass is 261 g/mol. The Morgan fingerprint density at radius 2 is 2.28 bits per heavy atom. The van der Waals surface area contributed by atoms with E-state index in [2.05, 4.69) is 52.8 Å². The molecule has 1 atom stereocenters. The molecule has 0 aliphatic carbocycles. The number of pyridine rings is 1. The zero-order valence-electron chi connectivity index (χ0n) is 11.1. The van der Waals surface area contributed by atoms with E-state index in [1.54, 1.807) is 11.3 Å². The van der Waals surface area contributed by atoms with E-state index in [4.69, 9.17) is 0 Å². The van der Waals surface area contributed by atoms with Gasteiger partial charge in [-0.2, -0.15) is 0 Å². The summed E-state index contributed by atoms with van der Waals surface area (Å²) in [5.41, 5.74) is 2.46. The van der Waals surface area contributed by atoms with Gasteiger partial charge in [0.15, 0.2) is 0 Å². The highest BCUT2D eigenvalue weighted by atomic mass is 32.1. The highest BCUT2D eigenvalue weighted by molar-refractivity contribution is 7.10. The van der Waals surface area contributed by atoms with E-state index in [0.717, 1.165) is 6.54 Å². The number of rotatable bonds is 5. The zero-order chi connectivity index (χ0) is 13.0. The first kappa shape index (κ1) is 13.1. The maximum absolute atomic E-state index is 4.25. The van der Waals surface area contributed by atoms with E-state index in [9.17, 15) is 0 Å². The fraction of sp³-hybridized carbons (Fsp3) is 0.357. The van der Waals surface area contributed by atoms with Gasteiger partial charge in [-0.15, -0.1) is 11.3 Å². The van der Waals surface area contributed by atoms with Crippen LogP contribution in [0.3, 0.4) is 0 Å². The van der Waals surface area contributed by atoms with Crippen molar-refractivity contribution in [3.63, 3.8) is 0 Å². The first-order valence-electron chi connectivity index (χ1n) is 6.07. The summed E-state index contributed by atoms with van der Waals surface area (Å²) in [5.74, 6) is 0. The molecular formula is C14H19N3S. The van der Waals surface area contributed by atoms with Gasteiger partial charge in [0.25, 0.3) is 0 Å². The van der Waals surface area contributed by atoms with Crippen LogP contribution in [0.5, 0.6) is 0 Å². The Balaban J connectivity index is 2.25. The normalized spacial score (nSPS) is 12.4. The van der Waals surface area contributed by atoms with Crippen LogP contribution in [0.25, 0.3) is 0 Å². The molecule has 18 heavy (non-hydrogen) atoms. The number of anilines is 1. The van der Waals surface area contributed by atoms with Gasteiger partial charge < -0.3 is 10.2 Å². The van der Waals surface area contributed by atoms with Crippen LogP contribution in [0, 0.1) is 0 Å². The molecule has 0 aromatic carbocycles. The van der Waals surface area contributed by atoms with Gasteiger partial charge in [-0.25, -0.2) is 0 Å². The molecule has 1 N–H and O–H groups in total. The maximum Gasteiger partial charge on any atom is 0.0604 e. The fourth-order valence-corrected chi connectivity index (χ4v) is 2.83. The SMILES string of the molecule is CNCc1ccncc1N(C)C(C)c1cccs1. The quantitative estimate of drug-likeness (QED) is 0.896. The molecular weight excluding hydrogens is 242 g/mol. The summed E-state index contributed by atoms with van der Waals surface area (Å²) in [6.45, 7) is 3.08. The predicted octanol–water partition coefficient (Wildman–Crippen LogP) is 3.06. The topological polar surface area (TPSA) is 28.2 Å². The number of aromatic nitrogens is 1. The summed E-state index contributed by atoms with van der Waals surface area (Å²) in [5, 5.41) is 5.32. The van der Waals surface area contributed by atoms with Crippen LogP contribution in [-0.2, 0) is 6.54 Å². The molecule has 0 radical (unpaired) electrons. The first-order valence-corrected chi connectivity index (χ1v) is 6.95. The molecule has 2 aromatic rings. The third-order valence-corrected chi connectivity index (χ3v) is 4.21. The lowest BCUT2D eigenvalue weighted by molar-refractivity contribution is 0.735. The molecule has 0 saturated heterocycles. The second-order valence-electron chi connectivity index (χ2n) is 4.34. The lowest BCUT2D eigenvalue weighted by Gasteiger charge is -2.28. The maximum atomic E-state index is 4.25. The Labute approximate surface area is 112 Å². The summed E-state index contributed by atoms with van der Waals surface area (Å²) in [4.78, 5) is 7.90. The first-order chi connectivity index (χ1) is 8.74. The van der Waals surface area contributed by atoms with Gasteiger partial charge in [0.1, 0.15) is 0 Å². The van der Waals surface area contributed by atoms with Crippen LogP contribution in [0.1, 0.15) is 23.4 Å². The van der Waals surface area contributed by atoms with Gasteiger partial charge in [-0.05, 0) is 37.0 Å². The second kappa shape index (κ2) is 5.98. The Hall–Kier alpha value is -1.39. The molecule has 2 rings (SSSR count). The molecule has 2 aromatic heterocycles. The van der Waals surface area contributed by atoms with E-state index in [1.165, 1.54) is 16.1 Å². The Bertz CT molecular complexity index is 482. The van der Waals surface area contributed by atoms with Crippen LogP contribution in [0.2, 0.25) is 0 Å². The molecule has 0 fully saturated rings. The van der Waals surface area contributed by atoms with Crippen molar-refractivity contribution in [3.05, 3.63) is 46.4 Å². The van der Waals surface area contributed by atoms with E-state index >= 15 is 0 Å². The molecule has 1 unspecified atom stereocenters. The van der Waals surface area contributed by atoms with Crippen molar-refractivity contribution in [2.45, 2.75) is 19.5 Å². The van der Waals surface area contributed by atoms with Crippen molar-refractivity contribution in [2.75, 3.05) is 19.0 Å². The minimum Gasteiger partial charge on any atom is -0.366 e. The molecule has 2 heterocycles. The van der Waals surface area contributed by atoms with Crippen LogP contribution in [-0.4, -0.2) is 19.1 Å². The molecule has 3 nitrogen and oxygen atoms in total. The average molecular weight is 261 g/mol. The minimum atomic E-state index is 0.366. The number of nitrogens with one attached hydrogen (secondary N) is 1. The van der Waals surface area contributed by atoms with Crippen molar-refractivity contribution in [1.82, 2.24) is 10.3 Å². The van der Waals surface area contributed by atoms with Gasteiger partial charge in [0.2, 0.25) is 0 Å². The average Bonchev–Trinajstić information content (AvgIpc) is 2.92. The van der Waals surface area contributed by atoms with E-state index in [1.807, 2.05) is 19.4 Å².